The number of halogens is 3. The fourth-order valence-corrected chi connectivity index (χ4v) is 7.44. The van der Waals surface area contributed by atoms with Gasteiger partial charge in [0.05, 0.1) is 17.0 Å². The first-order chi connectivity index (χ1) is 19.8. The van der Waals surface area contributed by atoms with E-state index in [4.69, 9.17) is 34.8 Å². The van der Waals surface area contributed by atoms with Gasteiger partial charge in [0.2, 0.25) is 5.91 Å². The summed E-state index contributed by atoms with van der Waals surface area (Å²) in [5.41, 5.74) is 2.23. The van der Waals surface area contributed by atoms with Gasteiger partial charge >= 0.3 is 0 Å². The smallest absolute Gasteiger partial charge is 0.238 e. The highest BCUT2D eigenvalue weighted by atomic mass is 35.5. The van der Waals surface area contributed by atoms with E-state index in [2.05, 4.69) is 5.32 Å². The number of anilines is 1. The molecule has 0 aromatic heterocycles. The van der Waals surface area contributed by atoms with Crippen molar-refractivity contribution in [2.45, 2.75) is 17.5 Å². The van der Waals surface area contributed by atoms with Gasteiger partial charge in [0.25, 0.3) is 0 Å². The number of amides is 1. The van der Waals surface area contributed by atoms with Gasteiger partial charge in [0.1, 0.15) is 11.5 Å². The zero-order valence-electron chi connectivity index (χ0n) is 21.4. The van der Waals surface area contributed by atoms with Gasteiger partial charge in [-0.15, -0.1) is 0 Å². The monoisotopic (exact) mass is 598 g/mol. The lowest BCUT2D eigenvalue weighted by Gasteiger charge is -2.38. The number of nitrogens with zero attached hydrogens (tertiary/aromatic N) is 1. The number of rotatable bonds is 4. The molecule has 3 aliphatic heterocycles. The fourth-order valence-electron chi connectivity index (χ4n) is 6.81. The molecule has 0 saturated carbocycles. The van der Waals surface area contributed by atoms with Gasteiger partial charge < -0.3 is 10.2 Å². The first kappa shape index (κ1) is 26.0. The second-order valence-electron chi connectivity index (χ2n) is 10.4. The molecule has 1 amide bonds. The van der Waals surface area contributed by atoms with Crippen molar-refractivity contribution in [3.63, 3.8) is 0 Å². The average Bonchev–Trinajstić information content (AvgIpc) is 3.45. The van der Waals surface area contributed by atoms with E-state index in [0.29, 0.717) is 26.9 Å². The van der Waals surface area contributed by atoms with E-state index in [1.807, 2.05) is 65.7 Å². The third-order valence-corrected chi connectivity index (χ3v) is 9.25. The minimum atomic E-state index is -1.42. The molecular weight excluding hydrogens is 579 g/mol. The van der Waals surface area contributed by atoms with Gasteiger partial charge in [-0.05, 0) is 71.3 Å². The number of ketones is 2. The van der Waals surface area contributed by atoms with Crippen molar-refractivity contribution in [1.29, 1.82) is 0 Å². The predicted octanol–water partition coefficient (Wildman–Crippen LogP) is 7.63. The molecule has 4 aromatic carbocycles. The molecule has 7 rings (SSSR count). The molecule has 0 radical (unpaired) electrons. The van der Waals surface area contributed by atoms with Gasteiger partial charge in [0, 0.05) is 33.1 Å². The summed E-state index contributed by atoms with van der Waals surface area (Å²) in [6.45, 7) is 0. The normalized spacial score (nSPS) is 23.6. The molecule has 1 spiro atoms. The largest absolute Gasteiger partial charge is 0.358 e. The Morgan fingerprint density at radius 2 is 1.51 bits per heavy atom. The molecule has 202 valence electrons. The number of Topliss-reactive ketones (excluding diaryl/α,β-unsaturated/α-hetero) is 2. The molecule has 3 heterocycles. The van der Waals surface area contributed by atoms with E-state index < -0.39 is 23.4 Å². The Hall–Kier alpha value is -3.90. The molecule has 4 aromatic rings. The van der Waals surface area contributed by atoms with Gasteiger partial charge in [-0.3, -0.25) is 14.4 Å². The zero-order chi connectivity index (χ0) is 28.5. The number of para-hydroxylation sites is 1. The lowest BCUT2D eigenvalue weighted by molar-refractivity contribution is -0.122. The third-order valence-electron chi connectivity index (χ3n) is 8.45. The van der Waals surface area contributed by atoms with Crippen LogP contribution in [0.4, 0.5) is 5.69 Å². The highest BCUT2D eigenvalue weighted by molar-refractivity contribution is 6.37. The quantitative estimate of drug-likeness (QED) is 0.245. The highest BCUT2D eigenvalue weighted by Crippen LogP contribution is 2.62. The van der Waals surface area contributed by atoms with Crippen LogP contribution in [-0.2, 0) is 10.2 Å². The second kappa shape index (κ2) is 9.59. The molecule has 1 saturated heterocycles. The van der Waals surface area contributed by atoms with Crippen LogP contribution in [0.25, 0.3) is 6.08 Å². The van der Waals surface area contributed by atoms with Crippen molar-refractivity contribution >= 4 is 64.0 Å². The van der Waals surface area contributed by atoms with Crippen LogP contribution >= 0.6 is 34.8 Å². The molecule has 1 fully saturated rings. The van der Waals surface area contributed by atoms with Crippen molar-refractivity contribution < 1.29 is 14.4 Å². The van der Waals surface area contributed by atoms with Crippen molar-refractivity contribution in [3.05, 3.63) is 140 Å². The lowest BCUT2D eigenvalue weighted by Crippen LogP contribution is -2.49. The number of benzene rings is 4. The summed E-state index contributed by atoms with van der Waals surface area (Å²) in [7, 11) is 0. The molecule has 4 atom stereocenters. The molecule has 5 nitrogen and oxygen atoms in total. The maximum Gasteiger partial charge on any atom is 0.238 e. The number of hydrogen-bond donors (Lipinski definition) is 1. The number of carbonyl (C=O) groups is 3. The van der Waals surface area contributed by atoms with E-state index in [1.165, 1.54) is 6.07 Å². The van der Waals surface area contributed by atoms with E-state index in [-0.39, 0.29) is 28.1 Å². The number of hydrogen-bond acceptors (Lipinski definition) is 4. The molecule has 8 heteroatoms. The number of fused-ring (bicyclic) bond motifs is 6. The summed E-state index contributed by atoms with van der Waals surface area (Å²) in [5, 5.41) is 4.08. The van der Waals surface area contributed by atoms with Crippen LogP contribution in [0.15, 0.2) is 97.2 Å². The minimum Gasteiger partial charge on any atom is -0.358 e. The molecule has 41 heavy (non-hydrogen) atoms. The predicted molar refractivity (Wildman–Crippen MR) is 161 cm³/mol. The lowest BCUT2D eigenvalue weighted by atomic mass is 9.62. The van der Waals surface area contributed by atoms with Crippen LogP contribution in [0, 0.1) is 5.92 Å². The molecular formula is C33H21Cl3N2O3. The Bertz CT molecular complexity index is 1800. The first-order valence-electron chi connectivity index (χ1n) is 13.1. The summed E-state index contributed by atoms with van der Waals surface area (Å²) in [6, 6.07) is 24.7. The summed E-state index contributed by atoms with van der Waals surface area (Å²) in [5.74, 6) is -2.14. The number of carbonyl (C=O) groups excluding carboxylic acids is 3. The fraction of sp³-hybridized carbons (Fsp3) is 0.121. The highest BCUT2D eigenvalue weighted by Gasteiger charge is 2.70. The van der Waals surface area contributed by atoms with Crippen LogP contribution in [-0.4, -0.2) is 28.4 Å². The first-order valence-corrected chi connectivity index (χ1v) is 14.2. The average molecular weight is 600 g/mol. The van der Waals surface area contributed by atoms with Crippen LogP contribution in [0.5, 0.6) is 0 Å². The van der Waals surface area contributed by atoms with Crippen molar-refractivity contribution in [2.75, 3.05) is 5.32 Å². The third kappa shape index (κ3) is 3.73. The Kier molecular flexibility index (Phi) is 6.09. The standard InChI is InChI=1S/C33H21Cl3N2O3/c34-20-11-9-19(10-12-20)29(39)27-28(30(40)23-14-13-21(35)17-25(23)36)38-16-15-18-5-1-2-6-22(18)31(38)33(27)24-7-3-4-8-26(24)37-32(33)41/h1-17,27-28,31H,(H,37,41)/t27-,28+,31-,33-/m1/s1. The second-order valence-corrected chi connectivity index (χ2v) is 11.7. The molecule has 3 aliphatic rings. The Morgan fingerprint density at radius 3 is 2.29 bits per heavy atom. The zero-order valence-corrected chi connectivity index (χ0v) is 23.6. The van der Waals surface area contributed by atoms with E-state index in [0.717, 1.165) is 11.1 Å². The van der Waals surface area contributed by atoms with Gasteiger partial charge in [-0.2, -0.15) is 0 Å². The Labute approximate surface area is 251 Å². The van der Waals surface area contributed by atoms with E-state index in [1.54, 1.807) is 36.4 Å². The molecule has 0 aliphatic carbocycles. The van der Waals surface area contributed by atoms with Gasteiger partial charge in [-0.25, -0.2) is 0 Å². The van der Waals surface area contributed by atoms with Crippen LogP contribution in [0.2, 0.25) is 15.1 Å². The summed E-state index contributed by atoms with van der Waals surface area (Å²) in [4.78, 5) is 45.6. The topological polar surface area (TPSA) is 66.5 Å². The maximum atomic E-state index is 14.7. The molecule has 0 bridgehead atoms. The summed E-state index contributed by atoms with van der Waals surface area (Å²) in [6.07, 6.45) is 3.74. The molecule has 1 N–H and O–H groups in total. The molecule has 0 unspecified atom stereocenters. The van der Waals surface area contributed by atoms with Crippen LogP contribution in [0.1, 0.15) is 43.4 Å². The number of nitrogens with one attached hydrogen (secondary N) is 1. The van der Waals surface area contributed by atoms with Crippen molar-refractivity contribution in [2.24, 2.45) is 5.92 Å². The minimum absolute atomic E-state index is 0.176. The summed E-state index contributed by atoms with van der Waals surface area (Å²) >= 11 is 18.9. The Balaban J connectivity index is 1.54. The summed E-state index contributed by atoms with van der Waals surface area (Å²) < 4.78 is 0. The SMILES string of the molecule is O=C(c1ccc(Cl)cc1Cl)[C@@H]1[C@H](C(=O)c2ccc(Cl)cc2)[C@@]2(C(=O)Nc3ccccc32)[C@H]2c3ccccc3C=CN12. The Morgan fingerprint density at radius 1 is 0.805 bits per heavy atom. The van der Waals surface area contributed by atoms with Crippen molar-refractivity contribution in [3.8, 4) is 0 Å². The van der Waals surface area contributed by atoms with Crippen LogP contribution in [0.3, 0.4) is 0 Å². The van der Waals surface area contributed by atoms with E-state index >= 15 is 0 Å². The van der Waals surface area contributed by atoms with Crippen LogP contribution < -0.4 is 5.32 Å². The maximum absolute atomic E-state index is 14.7. The van der Waals surface area contributed by atoms with Gasteiger partial charge in [0.15, 0.2) is 11.6 Å². The van der Waals surface area contributed by atoms with Gasteiger partial charge in [-0.1, -0.05) is 77.3 Å². The van der Waals surface area contributed by atoms with Crippen molar-refractivity contribution in [1.82, 2.24) is 4.90 Å². The van der Waals surface area contributed by atoms with E-state index in [9.17, 15) is 14.4 Å².